The Morgan fingerprint density at radius 2 is 2.10 bits per heavy atom. The van der Waals surface area contributed by atoms with E-state index >= 15 is 0 Å². The van der Waals surface area contributed by atoms with Gasteiger partial charge >= 0.3 is 5.97 Å². The lowest BCUT2D eigenvalue weighted by atomic mass is 9.79. The third kappa shape index (κ3) is 3.11. The van der Waals surface area contributed by atoms with Crippen LogP contribution in [0.15, 0.2) is 29.8 Å². The molecule has 1 aromatic rings. The second-order valence-corrected chi connectivity index (χ2v) is 4.84. The van der Waals surface area contributed by atoms with Crippen LogP contribution in [0, 0.1) is 17.2 Å². The third-order valence-electron chi connectivity index (χ3n) is 3.58. The minimum atomic E-state index is -1.07. The third-order valence-corrected chi connectivity index (χ3v) is 3.58. The van der Waals surface area contributed by atoms with Crippen molar-refractivity contribution in [1.29, 1.82) is 5.26 Å². The molecule has 0 bridgehead atoms. The van der Waals surface area contributed by atoms with Crippen LogP contribution in [0.2, 0.25) is 0 Å². The van der Waals surface area contributed by atoms with Crippen LogP contribution >= 0.6 is 0 Å². The maximum absolute atomic E-state index is 12.2. The molecule has 0 saturated heterocycles. The summed E-state index contributed by atoms with van der Waals surface area (Å²) in [5.74, 6) is -1.47. The summed E-state index contributed by atoms with van der Waals surface area (Å²) in [5, 5.41) is 18.0. The lowest BCUT2D eigenvalue weighted by Gasteiger charge is -2.22. The average molecular weight is 285 g/mol. The fourth-order valence-corrected chi connectivity index (χ4v) is 2.51. The summed E-state index contributed by atoms with van der Waals surface area (Å²) in [6, 6.07) is 9.08. The van der Waals surface area contributed by atoms with E-state index in [4.69, 9.17) is 15.1 Å². The highest BCUT2D eigenvalue weighted by Crippen LogP contribution is 2.35. The number of carboxylic acids is 1. The van der Waals surface area contributed by atoms with E-state index in [9.17, 15) is 9.59 Å². The van der Waals surface area contributed by atoms with E-state index in [1.807, 2.05) is 6.07 Å². The molecule has 1 aliphatic rings. The molecule has 1 aromatic carbocycles. The normalized spacial score (nSPS) is 18.3. The molecule has 0 amide bonds. The van der Waals surface area contributed by atoms with Crippen LogP contribution in [0.3, 0.4) is 0 Å². The zero-order valence-electron chi connectivity index (χ0n) is 11.6. The van der Waals surface area contributed by atoms with Crippen molar-refractivity contribution in [2.75, 3.05) is 7.11 Å². The topological polar surface area (TPSA) is 87.4 Å². The zero-order valence-corrected chi connectivity index (χ0v) is 11.6. The van der Waals surface area contributed by atoms with Crippen LogP contribution in [-0.2, 0) is 9.59 Å². The van der Waals surface area contributed by atoms with Gasteiger partial charge in [0.05, 0.1) is 19.6 Å². The first-order valence-electron chi connectivity index (χ1n) is 6.59. The number of rotatable bonds is 4. The number of ketones is 1. The van der Waals surface area contributed by atoms with Gasteiger partial charge in [-0.05, 0) is 36.1 Å². The molecule has 5 heteroatoms. The molecule has 0 fully saturated rings. The Bertz CT molecular complexity index is 637. The highest BCUT2D eigenvalue weighted by atomic mass is 16.5. The Kier molecular flexibility index (Phi) is 4.39. The van der Waals surface area contributed by atoms with Crippen LogP contribution in [0.1, 0.15) is 24.8 Å². The minimum absolute atomic E-state index is 0.241. The first-order chi connectivity index (χ1) is 10.1. The van der Waals surface area contributed by atoms with Gasteiger partial charge in [-0.2, -0.15) is 5.26 Å². The van der Waals surface area contributed by atoms with Gasteiger partial charge < -0.3 is 9.84 Å². The fraction of sp³-hybridized carbons (Fsp3) is 0.312. The predicted octanol–water partition coefficient (Wildman–Crippen LogP) is 2.43. The summed E-state index contributed by atoms with van der Waals surface area (Å²) in [6.07, 6.45) is 0.608. The number of nitrogens with zero attached hydrogens (tertiary/aromatic N) is 1. The number of hydrogen-bond donors (Lipinski definition) is 1. The standard InChI is InChI=1S/C16H15NO4/c1-21-12-5-2-10(3-6-12)13-7-4-11(9-17)16(20)14(13)8-15(18)19/h2-3,5-6,11H,4,7-8H2,1H3,(H,18,19)/t11-/m0/s1. The number of carboxylic acid groups (broad SMARTS) is 1. The van der Waals surface area contributed by atoms with E-state index in [0.717, 1.165) is 11.1 Å². The van der Waals surface area contributed by atoms with Crippen molar-refractivity contribution in [2.24, 2.45) is 5.92 Å². The molecule has 0 unspecified atom stereocenters. The molecule has 0 spiro atoms. The van der Waals surface area contributed by atoms with Crippen LogP contribution in [0.4, 0.5) is 0 Å². The zero-order chi connectivity index (χ0) is 15.4. The Hall–Kier alpha value is -2.61. The molecule has 5 nitrogen and oxygen atoms in total. The van der Waals surface area contributed by atoms with Gasteiger partial charge in [-0.3, -0.25) is 9.59 Å². The monoisotopic (exact) mass is 285 g/mol. The van der Waals surface area contributed by atoms with E-state index in [0.29, 0.717) is 18.6 Å². The largest absolute Gasteiger partial charge is 0.497 e. The minimum Gasteiger partial charge on any atom is -0.497 e. The Morgan fingerprint density at radius 3 is 2.62 bits per heavy atom. The second-order valence-electron chi connectivity index (χ2n) is 4.84. The molecule has 108 valence electrons. The molecule has 0 aliphatic heterocycles. The summed E-state index contributed by atoms with van der Waals surface area (Å²) in [7, 11) is 1.56. The number of allylic oxidation sites excluding steroid dienone is 1. The molecule has 2 rings (SSSR count). The molecule has 1 N–H and O–H groups in total. The van der Waals surface area contributed by atoms with E-state index in [-0.39, 0.29) is 17.8 Å². The van der Waals surface area contributed by atoms with Crippen molar-refractivity contribution in [1.82, 2.24) is 0 Å². The van der Waals surface area contributed by atoms with Gasteiger partial charge in [-0.15, -0.1) is 0 Å². The van der Waals surface area contributed by atoms with Crippen LogP contribution in [-0.4, -0.2) is 24.0 Å². The number of carbonyl (C=O) groups is 2. The van der Waals surface area contributed by atoms with Gasteiger partial charge in [0.2, 0.25) is 0 Å². The van der Waals surface area contributed by atoms with Gasteiger partial charge in [0.25, 0.3) is 0 Å². The molecule has 1 atom stereocenters. The first-order valence-corrected chi connectivity index (χ1v) is 6.59. The van der Waals surface area contributed by atoms with Crippen molar-refractivity contribution >= 4 is 17.3 Å². The van der Waals surface area contributed by atoms with Gasteiger partial charge in [-0.25, -0.2) is 0 Å². The average Bonchev–Trinajstić information content (AvgIpc) is 2.49. The smallest absolute Gasteiger partial charge is 0.307 e. The molecule has 0 aromatic heterocycles. The molecular formula is C16H15NO4. The first kappa shape index (κ1) is 14.8. The van der Waals surface area contributed by atoms with Crippen LogP contribution in [0.5, 0.6) is 5.75 Å². The van der Waals surface area contributed by atoms with Gasteiger partial charge in [0, 0.05) is 5.57 Å². The molecule has 0 saturated carbocycles. The van der Waals surface area contributed by atoms with E-state index in [1.54, 1.807) is 31.4 Å². The highest BCUT2D eigenvalue weighted by Gasteiger charge is 2.31. The van der Waals surface area contributed by atoms with Crippen molar-refractivity contribution < 1.29 is 19.4 Å². The number of hydrogen-bond acceptors (Lipinski definition) is 4. The molecule has 1 aliphatic carbocycles. The lowest BCUT2D eigenvalue weighted by molar-refractivity contribution is -0.137. The summed E-state index contributed by atoms with van der Waals surface area (Å²) in [4.78, 5) is 23.2. The van der Waals surface area contributed by atoms with Crippen molar-refractivity contribution in [3.63, 3.8) is 0 Å². The van der Waals surface area contributed by atoms with E-state index < -0.39 is 11.9 Å². The van der Waals surface area contributed by atoms with Gasteiger partial charge in [-0.1, -0.05) is 12.1 Å². The predicted molar refractivity (Wildman–Crippen MR) is 75.5 cm³/mol. The number of benzene rings is 1. The van der Waals surface area contributed by atoms with Crippen molar-refractivity contribution in [3.8, 4) is 11.8 Å². The summed E-state index contributed by atoms with van der Waals surface area (Å²) < 4.78 is 5.08. The van der Waals surface area contributed by atoms with E-state index in [1.165, 1.54) is 0 Å². The van der Waals surface area contributed by atoms with Crippen LogP contribution < -0.4 is 4.74 Å². The number of carbonyl (C=O) groups excluding carboxylic acids is 1. The molecule has 0 heterocycles. The molecule has 21 heavy (non-hydrogen) atoms. The van der Waals surface area contributed by atoms with E-state index in [2.05, 4.69) is 0 Å². The Morgan fingerprint density at radius 1 is 1.43 bits per heavy atom. The SMILES string of the molecule is COc1ccc(C2=C(CC(=O)O)C(=O)[C@H](C#N)CC2)cc1. The summed E-state index contributed by atoms with van der Waals surface area (Å²) in [5.41, 5.74) is 1.76. The quantitative estimate of drug-likeness (QED) is 0.918. The van der Waals surface area contributed by atoms with Crippen molar-refractivity contribution in [2.45, 2.75) is 19.3 Å². The summed E-state index contributed by atoms with van der Waals surface area (Å²) in [6.45, 7) is 0. The highest BCUT2D eigenvalue weighted by molar-refractivity contribution is 6.09. The number of Topliss-reactive ketones (excluding diaryl/α,β-unsaturated/α-hetero) is 1. The number of ether oxygens (including phenoxy) is 1. The lowest BCUT2D eigenvalue weighted by Crippen LogP contribution is -2.23. The Labute approximate surface area is 122 Å². The number of nitriles is 1. The van der Waals surface area contributed by atoms with Crippen molar-refractivity contribution in [3.05, 3.63) is 35.4 Å². The maximum Gasteiger partial charge on any atom is 0.307 e. The summed E-state index contributed by atoms with van der Waals surface area (Å²) >= 11 is 0. The number of aliphatic carboxylic acids is 1. The van der Waals surface area contributed by atoms with Gasteiger partial charge in [0.1, 0.15) is 11.7 Å². The number of methoxy groups -OCH3 is 1. The van der Waals surface area contributed by atoms with Crippen LogP contribution in [0.25, 0.3) is 5.57 Å². The molecule has 0 radical (unpaired) electrons. The van der Waals surface area contributed by atoms with Gasteiger partial charge in [0.15, 0.2) is 5.78 Å². The Balaban J connectivity index is 2.46. The second kappa shape index (κ2) is 6.23. The fourth-order valence-electron chi connectivity index (χ4n) is 2.51. The maximum atomic E-state index is 12.2. The molecular weight excluding hydrogens is 270 g/mol.